The van der Waals surface area contributed by atoms with Crippen LogP contribution in [-0.2, 0) is 26.2 Å². The van der Waals surface area contributed by atoms with E-state index in [1.807, 2.05) is 30.3 Å². The molecule has 0 fully saturated rings. The summed E-state index contributed by atoms with van der Waals surface area (Å²) in [5, 5.41) is 2.72. The van der Waals surface area contributed by atoms with Crippen molar-refractivity contribution in [1.82, 2.24) is 10.2 Å². The van der Waals surface area contributed by atoms with E-state index in [9.17, 15) is 18.0 Å². The molecular formula is C21H26IN3O4S. The zero-order chi connectivity index (χ0) is 22.3. The number of amides is 2. The summed E-state index contributed by atoms with van der Waals surface area (Å²) in [5.41, 5.74) is 1.25. The first-order valence-corrected chi connectivity index (χ1v) is 12.4. The fraction of sp³-hybridized carbons (Fsp3) is 0.333. The highest BCUT2D eigenvalue weighted by atomic mass is 127. The van der Waals surface area contributed by atoms with Crippen LogP contribution in [0.25, 0.3) is 0 Å². The van der Waals surface area contributed by atoms with Gasteiger partial charge in [-0.25, -0.2) is 8.42 Å². The van der Waals surface area contributed by atoms with Crippen LogP contribution in [-0.4, -0.2) is 50.5 Å². The number of rotatable bonds is 9. The highest BCUT2D eigenvalue weighted by Crippen LogP contribution is 2.20. The second-order valence-electron chi connectivity index (χ2n) is 6.82. The van der Waals surface area contributed by atoms with Crippen molar-refractivity contribution in [2.45, 2.75) is 26.4 Å². The number of hydrogen-bond donors (Lipinski definition) is 1. The SMILES string of the molecule is CCNC(=O)[C@H](C)N(Cc1ccccc1)C(=O)CN(c1ccc(I)cc1)S(C)(=O)=O. The number of carbonyl (C=O) groups excluding carboxylic acids is 2. The molecule has 2 amide bonds. The molecular weight excluding hydrogens is 517 g/mol. The monoisotopic (exact) mass is 543 g/mol. The normalized spacial score (nSPS) is 12.1. The predicted octanol–water partition coefficient (Wildman–Crippen LogP) is 2.61. The molecule has 30 heavy (non-hydrogen) atoms. The number of carbonyl (C=O) groups is 2. The Morgan fingerprint density at radius 1 is 1.07 bits per heavy atom. The lowest BCUT2D eigenvalue weighted by Gasteiger charge is -2.31. The molecule has 1 atom stereocenters. The highest BCUT2D eigenvalue weighted by molar-refractivity contribution is 14.1. The molecule has 2 rings (SSSR count). The number of hydrogen-bond acceptors (Lipinski definition) is 4. The molecule has 0 saturated heterocycles. The standard InChI is InChI=1S/C21H26IN3O4S/c1-4-23-21(27)16(2)24(14-17-8-6-5-7-9-17)20(26)15-25(30(3,28)29)19-12-10-18(22)11-13-19/h5-13,16H,4,14-15H2,1-3H3,(H,23,27)/t16-/m0/s1. The first-order valence-electron chi connectivity index (χ1n) is 9.48. The van der Waals surface area contributed by atoms with Crippen LogP contribution in [0.1, 0.15) is 19.4 Å². The second kappa shape index (κ2) is 10.8. The van der Waals surface area contributed by atoms with Gasteiger partial charge < -0.3 is 10.2 Å². The van der Waals surface area contributed by atoms with Crippen molar-refractivity contribution >= 4 is 50.1 Å². The van der Waals surface area contributed by atoms with E-state index in [4.69, 9.17) is 0 Å². The molecule has 0 aliphatic rings. The summed E-state index contributed by atoms with van der Waals surface area (Å²) in [7, 11) is -3.71. The van der Waals surface area contributed by atoms with E-state index in [1.54, 1.807) is 38.1 Å². The van der Waals surface area contributed by atoms with Crippen molar-refractivity contribution in [2.24, 2.45) is 0 Å². The van der Waals surface area contributed by atoms with E-state index in [0.717, 1.165) is 19.7 Å². The topological polar surface area (TPSA) is 86.8 Å². The van der Waals surface area contributed by atoms with Gasteiger partial charge in [0, 0.05) is 16.7 Å². The number of nitrogens with zero attached hydrogens (tertiary/aromatic N) is 2. The lowest BCUT2D eigenvalue weighted by Crippen LogP contribution is -2.51. The minimum absolute atomic E-state index is 0.197. The predicted molar refractivity (Wildman–Crippen MR) is 126 cm³/mol. The maximum Gasteiger partial charge on any atom is 0.244 e. The molecule has 0 saturated carbocycles. The maximum absolute atomic E-state index is 13.2. The van der Waals surface area contributed by atoms with Crippen molar-refractivity contribution in [1.29, 1.82) is 0 Å². The fourth-order valence-electron chi connectivity index (χ4n) is 2.91. The number of likely N-dealkylation sites (N-methyl/N-ethyl adjacent to an activating group) is 1. The van der Waals surface area contributed by atoms with E-state index >= 15 is 0 Å². The lowest BCUT2D eigenvalue weighted by atomic mass is 10.1. The summed E-state index contributed by atoms with van der Waals surface area (Å²) in [5.74, 6) is -0.747. The first-order chi connectivity index (χ1) is 14.1. The van der Waals surface area contributed by atoms with Gasteiger partial charge in [0.25, 0.3) is 0 Å². The Bertz CT molecular complexity index is 966. The van der Waals surface area contributed by atoms with Gasteiger partial charge in [0.15, 0.2) is 0 Å². The van der Waals surface area contributed by atoms with Crippen molar-refractivity contribution < 1.29 is 18.0 Å². The number of benzene rings is 2. The van der Waals surface area contributed by atoms with E-state index < -0.39 is 28.5 Å². The van der Waals surface area contributed by atoms with Gasteiger partial charge in [-0.15, -0.1) is 0 Å². The number of anilines is 1. The Hall–Kier alpha value is -2.14. The lowest BCUT2D eigenvalue weighted by molar-refractivity contribution is -0.139. The van der Waals surface area contributed by atoms with E-state index in [2.05, 4.69) is 27.9 Å². The minimum atomic E-state index is -3.71. The summed E-state index contributed by atoms with van der Waals surface area (Å²) in [6.07, 6.45) is 1.06. The van der Waals surface area contributed by atoms with Crippen molar-refractivity contribution in [3.63, 3.8) is 0 Å². The average molecular weight is 543 g/mol. The molecule has 0 aliphatic carbocycles. The third kappa shape index (κ3) is 6.69. The first kappa shape index (κ1) is 24.1. The number of nitrogens with one attached hydrogen (secondary N) is 1. The number of sulfonamides is 1. The van der Waals surface area contributed by atoms with Crippen LogP contribution < -0.4 is 9.62 Å². The Morgan fingerprint density at radius 3 is 2.20 bits per heavy atom. The number of halogens is 1. The molecule has 2 aromatic carbocycles. The summed E-state index contributed by atoms with van der Waals surface area (Å²) in [6, 6.07) is 15.4. The van der Waals surface area contributed by atoms with E-state index in [1.165, 1.54) is 4.90 Å². The third-order valence-corrected chi connectivity index (χ3v) is 6.37. The molecule has 0 bridgehead atoms. The van der Waals surface area contributed by atoms with Crippen LogP contribution in [0.5, 0.6) is 0 Å². The quantitative estimate of drug-likeness (QED) is 0.493. The molecule has 7 nitrogen and oxygen atoms in total. The van der Waals surface area contributed by atoms with Gasteiger partial charge in [0.05, 0.1) is 11.9 Å². The Labute approximate surface area is 191 Å². The van der Waals surface area contributed by atoms with Crippen LogP contribution in [0, 0.1) is 3.57 Å². The molecule has 0 aliphatic heterocycles. The van der Waals surface area contributed by atoms with Crippen LogP contribution in [0.3, 0.4) is 0 Å². The molecule has 0 radical (unpaired) electrons. The summed E-state index contributed by atoms with van der Waals surface area (Å²) in [4.78, 5) is 27.1. The van der Waals surface area contributed by atoms with Crippen LogP contribution >= 0.6 is 22.6 Å². The van der Waals surface area contributed by atoms with Gasteiger partial charge >= 0.3 is 0 Å². The fourth-order valence-corrected chi connectivity index (χ4v) is 4.11. The van der Waals surface area contributed by atoms with Crippen molar-refractivity contribution in [3.8, 4) is 0 Å². The Morgan fingerprint density at radius 2 is 1.67 bits per heavy atom. The molecule has 162 valence electrons. The molecule has 0 unspecified atom stereocenters. The molecule has 0 spiro atoms. The van der Waals surface area contributed by atoms with Crippen LogP contribution in [0.4, 0.5) is 5.69 Å². The average Bonchev–Trinajstić information content (AvgIpc) is 2.70. The molecule has 9 heteroatoms. The largest absolute Gasteiger partial charge is 0.355 e. The molecule has 1 N–H and O–H groups in total. The van der Waals surface area contributed by atoms with Crippen LogP contribution in [0.2, 0.25) is 0 Å². The molecule has 2 aromatic rings. The second-order valence-corrected chi connectivity index (χ2v) is 9.98. The van der Waals surface area contributed by atoms with Gasteiger partial charge in [-0.1, -0.05) is 30.3 Å². The molecule has 0 aromatic heterocycles. The summed E-state index contributed by atoms with van der Waals surface area (Å²) >= 11 is 2.13. The minimum Gasteiger partial charge on any atom is -0.355 e. The van der Waals surface area contributed by atoms with Gasteiger partial charge in [0.1, 0.15) is 12.6 Å². The third-order valence-electron chi connectivity index (χ3n) is 4.51. The maximum atomic E-state index is 13.2. The zero-order valence-corrected chi connectivity index (χ0v) is 20.2. The summed E-state index contributed by atoms with van der Waals surface area (Å²) in [6.45, 7) is 3.69. The Balaban J connectivity index is 2.34. The Kier molecular flexibility index (Phi) is 8.65. The van der Waals surface area contributed by atoms with Gasteiger partial charge in [-0.2, -0.15) is 0 Å². The van der Waals surface area contributed by atoms with E-state index in [0.29, 0.717) is 12.2 Å². The van der Waals surface area contributed by atoms with Gasteiger partial charge in [-0.05, 0) is 66.3 Å². The van der Waals surface area contributed by atoms with Gasteiger partial charge in [0.2, 0.25) is 21.8 Å². The van der Waals surface area contributed by atoms with Crippen molar-refractivity contribution in [2.75, 3.05) is 23.7 Å². The van der Waals surface area contributed by atoms with Crippen LogP contribution in [0.15, 0.2) is 54.6 Å². The summed E-state index contributed by atoms with van der Waals surface area (Å²) < 4.78 is 26.8. The van der Waals surface area contributed by atoms with Gasteiger partial charge in [-0.3, -0.25) is 13.9 Å². The highest BCUT2D eigenvalue weighted by Gasteiger charge is 2.29. The smallest absolute Gasteiger partial charge is 0.244 e. The molecule has 0 heterocycles. The zero-order valence-electron chi connectivity index (χ0n) is 17.2. The van der Waals surface area contributed by atoms with E-state index in [-0.39, 0.29) is 12.5 Å². The van der Waals surface area contributed by atoms with Crippen molar-refractivity contribution in [3.05, 3.63) is 63.7 Å².